The van der Waals surface area contributed by atoms with Gasteiger partial charge in [0.05, 0.1) is 45.0 Å². The van der Waals surface area contributed by atoms with E-state index in [1.807, 2.05) is 121 Å². The van der Waals surface area contributed by atoms with Crippen molar-refractivity contribution in [1.29, 1.82) is 0 Å². The molecule has 7 heterocycles. The molecule has 0 unspecified atom stereocenters. The van der Waals surface area contributed by atoms with Crippen molar-refractivity contribution in [3.63, 3.8) is 0 Å². The monoisotopic (exact) mass is 1090 g/mol. The normalized spacial score (nSPS) is 14.9. The van der Waals surface area contributed by atoms with Gasteiger partial charge in [0.2, 0.25) is 0 Å². The van der Waals surface area contributed by atoms with E-state index >= 15 is 0 Å². The summed E-state index contributed by atoms with van der Waals surface area (Å²) >= 11 is 0. The third-order valence-corrected chi connectivity index (χ3v) is 13.6. The van der Waals surface area contributed by atoms with Crippen LogP contribution in [-0.2, 0) is 36.0 Å². The molecule has 0 spiro atoms. The Kier molecular flexibility index (Phi) is 13.6. The van der Waals surface area contributed by atoms with Crippen LogP contribution >= 0.6 is 0 Å². The molecule has 3 aromatic heterocycles. The first-order valence-electron chi connectivity index (χ1n) is 25.2. The van der Waals surface area contributed by atoms with E-state index in [0.29, 0.717) is 112 Å². The fourth-order valence-electron chi connectivity index (χ4n) is 10.1. The summed E-state index contributed by atoms with van der Waals surface area (Å²) in [6, 6.07) is 39.5. The minimum absolute atomic E-state index is 0. The van der Waals surface area contributed by atoms with E-state index in [2.05, 4.69) is 0 Å². The van der Waals surface area contributed by atoms with E-state index in [0.717, 1.165) is 12.1 Å². The number of aromatic nitrogens is 4. The van der Waals surface area contributed by atoms with Gasteiger partial charge < -0.3 is 47.9 Å². The number of nitrogens with zero attached hydrogens (tertiary/aromatic N) is 4. The minimum atomic E-state index is -1.02. The first-order chi connectivity index (χ1) is 38.3. The van der Waals surface area contributed by atoms with Crippen LogP contribution in [0.25, 0.3) is 90.9 Å². The van der Waals surface area contributed by atoms with Crippen LogP contribution in [0.3, 0.4) is 0 Å². The van der Waals surface area contributed by atoms with E-state index in [1.54, 1.807) is 24.3 Å². The summed E-state index contributed by atoms with van der Waals surface area (Å²) in [5.74, 6) is -2.42. The van der Waals surface area contributed by atoms with Gasteiger partial charge in [0.1, 0.15) is 75.9 Å². The molecule has 17 heteroatoms. The second-order valence-electron chi connectivity index (χ2n) is 18.2. The molecule has 4 aliphatic heterocycles. The third kappa shape index (κ3) is 9.44. The molecule has 0 radical (unpaired) electrons. The van der Waals surface area contributed by atoms with Crippen molar-refractivity contribution in [1.82, 2.24) is 19.9 Å². The van der Waals surface area contributed by atoms with Crippen molar-refractivity contribution >= 4 is 70.2 Å². The number of cyclic esters (lactones) is 4. The molecule has 0 fully saturated rings. The standard InChI is InChI=1S/C62H42N4O12.Fe/c67-59-39-33-41-42-34-40(39)60(68)76-30-26-72-52-14-6-2-10-36(52)56-44-18-17-43(63-44)55(35-9-1-5-13-51(35)71-25-29-75-59)47-21-22-48(65-47)57(37-11-3-7-15-53(37)73-27-31-77-61(41)69)45-19-20-46(64-45)58(50-24-23-49(56)66-50)38-12-4-8-16-54(38)74-28-32-78-62(42)70;/h1-24,33-34H,25-32H2;/q-2;+2. The molecule has 4 aliphatic rings. The third-order valence-electron chi connectivity index (χ3n) is 13.6. The molecule has 0 saturated heterocycles. The molecule has 79 heavy (non-hydrogen) atoms. The first kappa shape index (κ1) is 50.1. The van der Waals surface area contributed by atoms with Gasteiger partial charge >= 0.3 is 40.9 Å². The number of para-hydroxylation sites is 4. The molecule has 0 aliphatic carbocycles. The summed E-state index contributed by atoms with van der Waals surface area (Å²) in [7, 11) is 0. The van der Waals surface area contributed by atoms with Crippen molar-refractivity contribution in [3.05, 3.63) is 178 Å². The zero-order valence-electron chi connectivity index (χ0n) is 41.7. The van der Waals surface area contributed by atoms with Crippen molar-refractivity contribution in [2.45, 2.75) is 0 Å². The topological polar surface area (TPSA) is 196 Å². The van der Waals surface area contributed by atoms with Crippen molar-refractivity contribution < 1.29 is 74.1 Å². The van der Waals surface area contributed by atoms with Gasteiger partial charge in [-0.1, -0.05) is 97.1 Å². The Morgan fingerprint density at radius 2 is 0.519 bits per heavy atom. The second kappa shape index (κ2) is 21.4. The summed E-state index contributed by atoms with van der Waals surface area (Å²) in [4.78, 5) is 78.9. The molecule has 0 amide bonds. The Hall–Kier alpha value is -9.70. The number of esters is 4. The fourth-order valence-corrected chi connectivity index (χ4v) is 10.1. The smallest absolute Gasteiger partial charge is 0.657 e. The van der Waals surface area contributed by atoms with E-state index < -0.39 is 23.9 Å². The maximum atomic E-state index is 14.3. The second-order valence-corrected chi connectivity index (χ2v) is 18.2. The van der Waals surface area contributed by atoms with E-state index in [4.69, 9.17) is 57.8 Å². The van der Waals surface area contributed by atoms with Gasteiger partial charge in [-0.25, -0.2) is 29.1 Å². The van der Waals surface area contributed by atoms with Gasteiger partial charge in [-0.3, -0.25) is 0 Å². The molecule has 0 atom stereocenters. The molecular formula is C62H42FeN4O12. The number of carbonyl (C=O) groups excluding carboxylic acids is 4. The molecule has 390 valence electrons. The van der Waals surface area contributed by atoms with E-state index in [-0.39, 0.29) is 92.2 Å². The van der Waals surface area contributed by atoms with Gasteiger partial charge in [0.15, 0.2) is 0 Å². The van der Waals surface area contributed by atoms with Crippen LogP contribution in [0.15, 0.2) is 133 Å². The molecular weight excluding hydrogens is 1050 g/mol. The molecule has 0 N–H and O–H groups in total. The van der Waals surface area contributed by atoms with Crippen molar-refractivity contribution in [2.24, 2.45) is 0 Å². The zero-order chi connectivity index (χ0) is 52.7. The molecule has 0 saturated carbocycles. The number of benzene rings is 5. The van der Waals surface area contributed by atoms with Crippen LogP contribution in [0, 0.1) is 0 Å². The quantitative estimate of drug-likeness (QED) is 0.0789. The predicted molar refractivity (Wildman–Crippen MR) is 288 cm³/mol. The maximum absolute atomic E-state index is 14.3. The first-order valence-corrected chi connectivity index (χ1v) is 25.2. The molecule has 12 bridgehead atoms. The summed E-state index contributed by atoms with van der Waals surface area (Å²) < 4.78 is 49.0. The van der Waals surface area contributed by atoms with Crippen LogP contribution < -0.4 is 28.9 Å². The summed E-state index contributed by atoms with van der Waals surface area (Å²) in [5.41, 5.74) is 7.84. The van der Waals surface area contributed by atoms with Gasteiger partial charge in [0.25, 0.3) is 0 Å². The summed E-state index contributed by atoms with van der Waals surface area (Å²) in [6.45, 7) is -1.89. The number of hydrogen-bond acceptors (Lipinski definition) is 14. The van der Waals surface area contributed by atoms with Crippen LogP contribution in [0.5, 0.6) is 23.0 Å². The predicted octanol–water partition coefficient (Wildman–Crippen LogP) is 10.5. The molecule has 5 aromatic carbocycles. The molecule has 8 aromatic rings. The molecule has 16 nitrogen and oxygen atoms in total. The largest absolute Gasteiger partial charge is 2.00 e. The Morgan fingerprint density at radius 1 is 0.291 bits per heavy atom. The number of ether oxygens (including phenoxy) is 8. The van der Waals surface area contributed by atoms with Gasteiger partial charge in [-0.05, 0) is 83.0 Å². The number of hydrogen-bond donors (Lipinski definition) is 0. The van der Waals surface area contributed by atoms with Crippen LogP contribution in [0.1, 0.15) is 64.2 Å². The number of carbonyl (C=O) groups is 4. The number of fused-ring (bicyclic) bond motifs is 18. The van der Waals surface area contributed by atoms with Crippen LogP contribution in [-0.4, -0.2) is 86.7 Å². The summed E-state index contributed by atoms with van der Waals surface area (Å²) in [5, 5.41) is 0. The maximum Gasteiger partial charge on any atom is 2.00 e. The van der Waals surface area contributed by atoms with Gasteiger partial charge in [0, 0.05) is 22.3 Å². The Balaban J connectivity index is 0.00000623. The van der Waals surface area contributed by atoms with Crippen LogP contribution in [0.2, 0.25) is 0 Å². The van der Waals surface area contributed by atoms with Gasteiger partial charge in [-0.15, -0.1) is 22.1 Å². The average molecular weight is 1090 g/mol. The van der Waals surface area contributed by atoms with Crippen molar-refractivity contribution in [3.8, 4) is 67.5 Å². The fraction of sp³-hybridized carbons (Fsp3) is 0.129. The average Bonchev–Trinajstić information content (AvgIpc) is 4.50. The Morgan fingerprint density at radius 3 is 0.772 bits per heavy atom. The Bertz CT molecular complexity index is 3560. The van der Waals surface area contributed by atoms with E-state index in [9.17, 15) is 19.2 Å². The zero-order valence-corrected chi connectivity index (χ0v) is 42.8. The van der Waals surface area contributed by atoms with E-state index in [1.165, 1.54) is 0 Å². The van der Waals surface area contributed by atoms with Crippen molar-refractivity contribution in [2.75, 3.05) is 52.9 Å². The minimum Gasteiger partial charge on any atom is -0.657 e. The Labute approximate surface area is 461 Å². The SMILES string of the molecule is O=C1OCCOc2ccccc2-c2c3nc(c4c5ccc([n-]5)c5c6nc(c(c7ccc2[n-]7)-c2ccccc2OCCOC(=O)c2cc(c(cc21)C(=O)OCCOc1ccccc1-4)C(=O)OCCOc1ccccc1-5)C=C6)C=C3.[Fe+2]. The summed E-state index contributed by atoms with van der Waals surface area (Å²) in [6.07, 6.45) is 7.70. The van der Waals surface area contributed by atoms with Crippen LogP contribution in [0.4, 0.5) is 0 Å². The number of rotatable bonds is 0. The van der Waals surface area contributed by atoms with Gasteiger partial charge in [-0.2, -0.15) is 0 Å². The molecule has 12 rings (SSSR count).